The maximum Gasteiger partial charge on any atom is 0.315 e. The van der Waals surface area contributed by atoms with Crippen molar-refractivity contribution in [1.82, 2.24) is 10.6 Å². The Morgan fingerprint density at radius 3 is 2.70 bits per heavy atom. The molecule has 0 aromatic heterocycles. The van der Waals surface area contributed by atoms with Gasteiger partial charge in [0.25, 0.3) is 0 Å². The number of ether oxygens (including phenoxy) is 1. The Labute approximate surface area is 120 Å². The van der Waals surface area contributed by atoms with Crippen molar-refractivity contribution in [2.24, 2.45) is 0 Å². The van der Waals surface area contributed by atoms with Gasteiger partial charge < -0.3 is 20.5 Å². The maximum absolute atomic E-state index is 11.7. The molecule has 0 saturated carbocycles. The molecule has 1 rings (SSSR count). The van der Waals surface area contributed by atoms with Crippen molar-refractivity contribution < 1.29 is 19.4 Å². The highest BCUT2D eigenvalue weighted by atomic mass is 16.5. The lowest BCUT2D eigenvalue weighted by Crippen LogP contribution is -2.49. The molecule has 1 heterocycles. The molecule has 1 aliphatic heterocycles. The predicted octanol–water partition coefficient (Wildman–Crippen LogP) is 1.89. The summed E-state index contributed by atoms with van der Waals surface area (Å²) in [5, 5.41) is 14.3. The molecular formula is C14H26N2O4. The first-order chi connectivity index (χ1) is 9.39. The van der Waals surface area contributed by atoms with E-state index >= 15 is 0 Å². The van der Waals surface area contributed by atoms with Gasteiger partial charge in [0, 0.05) is 25.6 Å². The molecule has 116 valence electrons. The van der Waals surface area contributed by atoms with Crippen LogP contribution in [0.3, 0.4) is 0 Å². The van der Waals surface area contributed by atoms with Gasteiger partial charge in [0.1, 0.15) is 0 Å². The molecule has 20 heavy (non-hydrogen) atoms. The van der Waals surface area contributed by atoms with Crippen LogP contribution in [0, 0.1) is 0 Å². The first-order valence-corrected chi connectivity index (χ1v) is 7.29. The maximum atomic E-state index is 11.7. The summed E-state index contributed by atoms with van der Waals surface area (Å²) in [5.74, 6) is -0.766. The molecule has 0 radical (unpaired) electrons. The molecule has 1 aliphatic rings. The van der Waals surface area contributed by atoms with E-state index in [9.17, 15) is 9.59 Å². The summed E-state index contributed by atoms with van der Waals surface area (Å²) in [4.78, 5) is 22.0. The van der Waals surface area contributed by atoms with Crippen molar-refractivity contribution in [2.45, 2.75) is 64.0 Å². The molecule has 0 spiro atoms. The molecule has 1 unspecified atom stereocenters. The molecule has 0 bridgehead atoms. The van der Waals surface area contributed by atoms with Crippen LogP contribution in [-0.2, 0) is 9.53 Å². The van der Waals surface area contributed by atoms with Crippen molar-refractivity contribution in [3.8, 4) is 0 Å². The van der Waals surface area contributed by atoms with Crippen LogP contribution in [-0.4, -0.2) is 41.9 Å². The monoisotopic (exact) mass is 286 g/mol. The van der Waals surface area contributed by atoms with E-state index in [1.54, 1.807) is 0 Å². The molecule has 2 amide bonds. The van der Waals surface area contributed by atoms with Crippen LogP contribution in [0.2, 0.25) is 0 Å². The number of carbonyl (C=O) groups is 2. The smallest absolute Gasteiger partial charge is 0.315 e. The quantitative estimate of drug-likeness (QED) is 0.624. The molecular weight excluding hydrogens is 260 g/mol. The Hall–Kier alpha value is -1.30. The fraction of sp³-hybridized carbons (Fsp3) is 0.857. The molecule has 1 saturated heterocycles. The molecule has 1 fully saturated rings. The number of carboxylic acids is 1. The van der Waals surface area contributed by atoms with Crippen molar-refractivity contribution in [1.29, 1.82) is 0 Å². The van der Waals surface area contributed by atoms with Crippen molar-refractivity contribution in [3.05, 3.63) is 0 Å². The van der Waals surface area contributed by atoms with E-state index in [2.05, 4.69) is 10.6 Å². The van der Waals surface area contributed by atoms with Crippen LogP contribution in [0.1, 0.15) is 52.4 Å². The Morgan fingerprint density at radius 2 is 2.05 bits per heavy atom. The summed E-state index contributed by atoms with van der Waals surface area (Å²) >= 11 is 0. The average Bonchev–Trinajstić information content (AvgIpc) is 2.32. The minimum Gasteiger partial charge on any atom is -0.481 e. The number of rotatable bonds is 7. The zero-order valence-corrected chi connectivity index (χ0v) is 12.4. The second-order valence-electron chi connectivity index (χ2n) is 5.90. The highest BCUT2D eigenvalue weighted by Crippen LogP contribution is 2.23. The number of hydrogen-bond acceptors (Lipinski definition) is 3. The molecule has 0 aromatic carbocycles. The normalized spacial score (nSPS) is 21.2. The van der Waals surface area contributed by atoms with E-state index in [4.69, 9.17) is 9.84 Å². The van der Waals surface area contributed by atoms with Gasteiger partial charge in [-0.05, 0) is 39.5 Å². The zero-order valence-electron chi connectivity index (χ0n) is 12.4. The molecule has 0 aromatic rings. The van der Waals surface area contributed by atoms with E-state index < -0.39 is 5.97 Å². The number of amides is 2. The number of hydrogen-bond donors (Lipinski definition) is 3. The highest BCUT2D eigenvalue weighted by molar-refractivity contribution is 5.74. The van der Waals surface area contributed by atoms with E-state index in [0.717, 1.165) is 25.7 Å². The van der Waals surface area contributed by atoms with Crippen LogP contribution in [0.5, 0.6) is 0 Å². The van der Waals surface area contributed by atoms with E-state index in [1.165, 1.54) is 0 Å². The summed E-state index contributed by atoms with van der Waals surface area (Å²) < 4.78 is 5.60. The molecule has 1 atom stereocenters. The minimum absolute atomic E-state index is 0.147. The second kappa shape index (κ2) is 8.09. The average molecular weight is 286 g/mol. The first kappa shape index (κ1) is 16.8. The number of nitrogens with one attached hydrogen (secondary N) is 2. The van der Waals surface area contributed by atoms with Gasteiger partial charge in [-0.2, -0.15) is 0 Å². The van der Waals surface area contributed by atoms with Gasteiger partial charge in [-0.1, -0.05) is 6.42 Å². The van der Waals surface area contributed by atoms with E-state index in [-0.39, 0.29) is 24.1 Å². The van der Waals surface area contributed by atoms with Crippen molar-refractivity contribution in [3.63, 3.8) is 0 Å². The number of urea groups is 1. The summed E-state index contributed by atoms with van der Waals surface area (Å²) in [5.41, 5.74) is -0.174. The number of carbonyl (C=O) groups excluding carboxylic acids is 1. The first-order valence-electron chi connectivity index (χ1n) is 7.29. The van der Waals surface area contributed by atoms with Gasteiger partial charge in [0.2, 0.25) is 0 Å². The summed E-state index contributed by atoms with van der Waals surface area (Å²) in [7, 11) is 0. The molecule has 0 aliphatic carbocycles. The van der Waals surface area contributed by atoms with Gasteiger partial charge in [0.15, 0.2) is 0 Å². The highest BCUT2D eigenvalue weighted by Gasteiger charge is 2.29. The molecule has 6 heteroatoms. The van der Waals surface area contributed by atoms with Gasteiger partial charge in [-0.3, -0.25) is 4.79 Å². The van der Waals surface area contributed by atoms with Gasteiger partial charge >= 0.3 is 12.0 Å². The number of carboxylic acid groups (broad SMARTS) is 1. The predicted molar refractivity (Wildman–Crippen MR) is 75.7 cm³/mol. The Kier molecular flexibility index (Phi) is 6.78. The topological polar surface area (TPSA) is 87.7 Å². The van der Waals surface area contributed by atoms with Crippen molar-refractivity contribution in [2.75, 3.05) is 13.2 Å². The SMILES string of the molecule is CC1(C)CC(NC(=O)NCCCCCC(=O)O)CCO1. The molecule has 6 nitrogen and oxygen atoms in total. The zero-order chi connectivity index (χ0) is 15.0. The standard InChI is InChI=1S/C14H26N2O4/c1-14(2)10-11(7-9-20-14)16-13(19)15-8-5-3-4-6-12(17)18/h11H,3-10H2,1-2H3,(H,17,18)(H2,15,16,19). The Bertz CT molecular complexity index is 331. The van der Waals surface area contributed by atoms with Crippen LogP contribution in [0.4, 0.5) is 4.79 Å². The third-order valence-electron chi connectivity index (χ3n) is 3.39. The van der Waals surface area contributed by atoms with Crippen LogP contribution in [0.25, 0.3) is 0 Å². The Balaban J connectivity index is 2.07. The van der Waals surface area contributed by atoms with Gasteiger partial charge in [-0.25, -0.2) is 4.79 Å². The lowest BCUT2D eigenvalue weighted by Gasteiger charge is -2.35. The third kappa shape index (κ3) is 7.33. The van der Waals surface area contributed by atoms with Gasteiger partial charge in [-0.15, -0.1) is 0 Å². The summed E-state index contributed by atoms with van der Waals surface area (Å²) in [6, 6.07) is 0.0108. The second-order valence-corrected chi connectivity index (χ2v) is 5.90. The number of aliphatic carboxylic acids is 1. The lowest BCUT2D eigenvalue weighted by molar-refractivity contribution is -0.137. The van der Waals surface area contributed by atoms with Crippen LogP contribution < -0.4 is 10.6 Å². The fourth-order valence-electron chi connectivity index (χ4n) is 2.37. The van der Waals surface area contributed by atoms with Crippen LogP contribution >= 0.6 is 0 Å². The number of unbranched alkanes of at least 4 members (excludes halogenated alkanes) is 2. The summed E-state index contributed by atoms with van der Waals surface area (Å²) in [6.07, 6.45) is 4.14. The van der Waals surface area contributed by atoms with Crippen LogP contribution in [0.15, 0.2) is 0 Å². The molecule has 3 N–H and O–H groups in total. The third-order valence-corrected chi connectivity index (χ3v) is 3.39. The van der Waals surface area contributed by atoms with E-state index in [1.807, 2.05) is 13.8 Å². The van der Waals surface area contributed by atoms with Gasteiger partial charge in [0.05, 0.1) is 5.60 Å². The largest absolute Gasteiger partial charge is 0.481 e. The minimum atomic E-state index is -0.766. The van der Waals surface area contributed by atoms with E-state index in [0.29, 0.717) is 19.6 Å². The fourth-order valence-corrected chi connectivity index (χ4v) is 2.37. The lowest BCUT2D eigenvalue weighted by atomic mass is 9.94. The Morgan fingerprint density at radius 1 is 1.30 bits per heavy atom. The summed E-state index contributed by atoms with van der Waals surface area (Å²) in [6.45, 7) is 5.31. The van der Waals surface area contributed by atoms with Crippen molar-refractivity contribution >= 4 is 12.0 Å².